The topological polar surface area (TPSA) is 38.8 Å². The van der Waals surface area contributed by atoms with Gasteiger partial charge in [-0.2, -0.15) is 0 Å². The van der Waals surface area contributed by atoms with Gasteiger partial charge in [0.15, 0.2) is 5.78 Å². The van der Waals surface area contributed by atoms with Gasteiger partial charge in [0.05, 0.1) is 18.8 Å². The van der Waals surface area contributed by atoms with Gasteiger partial charge in [0, 0.05) is 25.2 Å². The van der Waals surface area contributed by atoms with Crippen LogP contribution in [0.4, 0.5) is 0 Å². The predicted octanol–water partition coefficient (Wildman–Crippen LogP) is 2.77. The van der Waals surface area contributed by atoms with Crippen molar-refractivity contribution >= 4 is 5.78 Å². The highest BCUT2D eigenvalue weighted by molar-refractivity contribution is 5.94. The molecule has 0 aliphatic carbocycles. The molecule has 0 saturated carbocycles. The molecular formula is C17H25NO3. The summed E-state index contributed by atoms with van der Waals surface area (Å²) in [6.45, 7) is 9.53. The zero-order valence-corrected chi connectivity index (χ0v) is 13.2. The molecule has 1 aliphatic rings. The van der Waals surface area contributed by atoms with Gasteiger partial charge in [-0.05, 0) is 51.5 Å². The molecule has 4 nitrogen and oxygen atoms in total. The maximum absolute atomic E-state index is 11.2. The first-order chi connectivity index (χ1) is 10.0. The lowest BCUT2D eigenvalue weighted by Gasteiger charge is -2.35. The van der Waals surface area contributed by atoms with Crippen molar-refractivity contribution < 1.29 is 14.3 Å². The molecule has 21 heavy (non-hydrogen) atoms. The van der Waals surface area contributed by atoms with Crippen LogP contribution in [0.2, 0.25) is 0 Å². The largest absolute Gasteiger partial charge is 0.494 e. The van der Waals surface area contributed by atoms with Crippen LogP contribution in [0.5, 0.6) is 5.75 Å². The molecule has 0 unspecified atom stereocenters. The Morgan fingerprint density at radius 3 is 2.43 bits per heavy atom. The van der Waals surface area contributed by atoms with Crippen LogP contribution in [0, 0.1) is 0 Å². The summed E-state index contributed by atoms with van der Waals surface area (Å²) in [4.78, 5) is 13.6. The average Bonchev–Trinajstić information content (AvgIpc) is 2.43. The lowest BCUT2D eigenvalue weighted by molar-refractivity contribution is -0.0686. The van der Waals surface area contributed by atoms with Crippen LogP contribution >= 0.6 is 0 Å². The van der Waals surface area contributed by atoms with Crippen molar-refractivity contribution in [3.8, 4) is 5.75 Å². The van der Waals surface area contributed by atoms with E-state index < -0.39 is 0 Å². The molecule has 116 valence electrons. The molecule has 1 aromatic carbocycles. The number of carbonyl (C=O) groups is 1. The molecule has 1 aromatic rings. The van der Waals surface area contributed by atoms with E-state index in [9.17, 15) is 4.79 Å². The second kappa shape index (κ2) is 7.57. The van der Waals surface area contributed by atoms with Gasteiger partial charge in [-0.25, -0.2) is 0 Å². The molecule has 0 radical (unpaired) electrons. The Morgan fingerprint density at radius 1 is 1.24 bits per heavy atom. The smallest absolute Gasteiger partial charge is 0.159 e. The van der Waals surface area contributed by atoms with Gasteiger partial charge >= 0.3 is 0 Å². The van der Waals surface area contributed by atoms with Crippen molar-refractivity contribution in [1.82, 2.24) is 4.90 Å². The minimum Gasteiger partial charge on any atom is -0.494 e. The molecule has 0 N–H and O–H groups in total. The molecule has 1 heterocycles. The van der Waals surface area contributed by atoms with Crippen LogP contribution in [-0.4, -0.2) is 49.1 Å². The highest BCUT2D eigenvalue weighted by Crippen LogP contribution is 2.14. The van der Waals surface area contributed by atoms with Gasteiger partial charge in [-0.15, -0.1) is 0 Å². The van der Waals surface area contributed by atoms with Gasteiger partial charge in [0.2, 0.25) is 0 Å². The van der Waals surface area contributed by atoms with E-state index in [0.717, 1.165) is 37.4 Å². The fourth-order valence-corrected chi connectivity index (χ4v) is 2.73. The molecule has 0 amide bonds. The van der Waals surface area contributed by atoms with Gasteiger partial charge in [-0.3, -0.25) is 9.69 Å². The third-order valence-corrected chi connectivity index (χ3v) is 3.64. The van der Waals surface area contributed by atoms with Gasteiger partial charge in [0.1, 0.15) is 5.75 Å². The zero-order valence-electron chi connectivity index (χ0n) is 13.2. The summed E-state index contributed by atoms with van der Waals surface area (Å²) in [7, 11) is 0. The second-order valence-electron chi connectivity index (χ2n) is 5.80. The van der Waals surface area contributed by atoms with Crippen molar-refractivity contribution in [2.45, 2.75) is 39.4 Å². The molecule has 4 heteroatoms. The van der Waals surface area contributed by atoms with Crippen LogP contribution in [0.1, 0.15) is 37.6 Å². The third-order valence-electron chi connectivity index (χ3n) is 3.64. The van der Waals surface area contributed by atoms with Gasteiger partial charge in [0.25, 0.3) is 0 Å². The molecule has 0 aromatic heterocycles. The van der Waals surface area contributed by atoms with E-state index in [1.165, 1.54) is 0 Å². The van der Waals surface area contributed by atoms with E-state index in [4.69, 9.17) is 9.47 Å². The van der Waals surface area contributed by atoms with Crippen LogP contribution in [0.3, 0.4) is 0 Å². The Kier molecular flexibility index (Phi) is 5.76. The molecule has 2 atom stereocenters. The monoisotopic (exact) mass is 291 g/mol. The van der Waals surface area contributed by atoms with E-state index in [0.29, 0.717) is 18.8 Å². The number of ketones is 1. The Hall–Kier alpha value is -1.39. The predicted molar refractivity (Wildman–Crippen MR) is 83.0 cm³/mol. The van der Waals surface area contributed by atoms with E-state index in [-0.39, 0.29) is 5.78 Å². The molecule has 1 fully saturated rings. The molecule has 0 spiro atoms. The SMILES string of the molecule is CC(=O)c1ccc(OCCCN2C[C@@H](C)O[C@@H](C)C2)cc1. The molecule has 1 saturated heterocycles. The fourth-order valence-electron chi connectivity index (χ4n) is 2.73. The quantitative estimate of drug-likeness (QED) is 0.597. The molecular weight excluding hydrogens is 266 g/mol. The highest BCUT2D eigenvalue weighted by Gasteiger charge is 2.21. The van der Waals surface area contributed by atoms with Crippen molar-refractivity contribution in [3.05, 3.63) is 29.8 Å². The van der Waals surface area contributed by atoms with Gasteiger partial charge in [-0.1, -0.05) is 0 Å². The summed E-state index contributed by atoms with van der Waals surface area (Å²) in [5, 5.41) is 0. The summed E-state index contributed by atoms with van der Waals surface area (Å²) in [6, 6.07) is 7.33. The highest BCUT2D eigenvalue weighted by atomic mass is 16.5. The van der Waals surface area contributed by atoms with Crippen LogP contribution in [0.15, 0.2) is 24.3 Å². The molecule has 1 aliphatic heterocycles. The number of carbonyl (C=O) groups excluding carboxylic acids is 1. The van der Waals surface area contributed by atoms with E-state index in [1.54, 1.807) is 6.92 Å². The minimum absolute atomic E-state index is 0.0807. The fraction of sp³-hybridized carbons (Fsp3) is 0.588. The van der Waals surface area contributed by atoms with Crippen molar-refractivity contribution in [3.63, 3.8) is 0 Å². The number of hydrogen-bond donors (Lipinski definition) is 0. The molecule has 2 rings (SSSR count). The lowest BCUT2D eigenvalue weighted by atomic mass is 10.1. The zero-order chi connectivity index (χ0) is 15.2. The average molecular weight is 291 g/mol. The summed E-state index contributed by atoms with van der Waals surface area (Å²) in [5.74, 6) is 0.904. The van der Waals surface area contributed by atoms with Crippen LogP contribution in [-0.2, 0) is 4.74 Å². The Labute approximate surface area is 127 Å². The number of benzene rings is 1. The second-order valence-corrected chi connectivity index (χ2v) is 5.80. The van der Waals surface area contributed by atoms with E-state index >= 15 is 0 Å². The van der Waals surface area contributed by atoms with E-state index in [1.807, 2.05) is 24.3 Å². The summed E-state index contributed by atoms with van der Waals surface area (Å²) < 4.78 is 11.4. The van der Waals surface area contributed by atoms with Crippen LogP contribution < -0.4 is 4.74 Å². The summed E-state index contributed by atoms with van der Waals surface area (Å²) in [5.41, 5.74) is 0.721. The third kappa shape index (κ3) is 5.14. The minimum atomic E-state index is 0.0807. The summed E-state index contributed by atoms with van der Waals surface area (Å²) >= 11 is 0. The number of ether oxygens (including phenoxy) is 2. The van der Waals surface area contributed by atoms with Crippen molar-refractivity contribution in [2.75, 3.05) is 26.2 Å². The first-order valence-corrected chi connectivity index (χ1v) is 7.66. The Bertz CT molecular complexity index is 448. The number of rotatable bonds is 6. The Morgan fingerprint density at radius 2 is 1.86 bits per heavy atom. The first kappa shape index (κ1) is 16.0. The number of Topliss-reactive ketones (excluding diaryl/α,β-unsaturated/α-hetero) is 1. The Balaban J connectivity index is 1.68. The number of morpholine rings is 1. The lowest BCUT2D eigenvalue weighted by Crippen LogP contribution is -2.45. The first-order valence-electron chi connectivity index (χ1n) is 7.66. The molecule has 0 bridgehead atoms. The maximum atomic E-state index is 11.2. The number of hydrogen-bond acceptors (Lipinski definition) is 4. The standard InChI is InChI=1S/C17H25NO3/c1-13-11-18(12-14(2)21-13)9-4-10-20-17-7-5-16(6-8-17)15(3)19/h5-8,13-14H,4,9-12H2,1-3H3/t13-,14+. The van der Waals surface area contributed by atoms with Crippen LogP contribution in [0.25, 0.3) is 0 Å². The summed E-state index contributed by atoms with van der Waals surface area (Å²) in [6.07, 6.45) is 1.62. The van der Waals surface area contributed by atoms with Crippen molar-refractivity contribution in [2.24, 2.45) is 0 Å². The van der Waals surface area contributed by atoms with Gasteiger partial charge < -0.3 is 9.47 Å². The van der Waals surface area contributed by atoms with E-state index in [2.05, 4.69) is 18.7 Å². The maximum Gasteiger partial charge on any atom is 0.159 e. The normalized spacial score (nSPS) is 23.0. The van der Waals surface area contributed by atoms with Crippen molar-refractivity contribution in [1.29, 1.82) is 0 Å². The number of nitrogens with zero attached hydrogens (tertiary/aromatic N) is 1.